The number of aromatic nitrogens is 2. The van der Waals surface area contributed by atoms with E-state index in [9.17, 15) is 4.39 Å². The Labute approximate surface area is 185 Å². The van der Waals surface area contributed by atoms with Crippen molar-refractivity contribution in [3.8, 4) is 10.4 Å². The highest BCUT2D eigenvalue weighted by molar-refractivity contribution is 7.15. The molecule has 4 rings (SSSR count). The van der Waals surface area contributed by atoms with E-state index < -0.39 is 0 Å². The van der Waals surface area contributed by atoms with Gasteiger partial charge in [0, 0.05) is 42.5 Å². The second-order valence-corrected chi connectivity index (χ2v) is 7.81. The summed E-state index contributed by atoms with van der Waals surface area (Å²) >= 11 is 1.73. The molecule has 29 heavy (non-hydrogen) atoms. The van der Waals surface area contributed by atoms with Gasteiger partial charge in [0.15, 0.2) is 5.82 Å². The van der Waals surface area contributed by atoms with E-state index in [0.717, 1.165) is 43.2 Å². The minimum Gasteiger partial charge on any atom is -0.338 e. The maximum Gasteiger partial charge on any atom is 0.240 e. The number of hydrogen-bond donors (Lipinski definition) is 1. The van der Waals surface area contributed by atoms with Crippen molar-refractivity contribution in [2.45, 2.75) is 19.6 Å². The molecule has 10 heteroatoms. The number of halogens is 3. The molecule has 0 aliphatic carbocycles. The van der Waals surface area contributed by atoms with E-state index in [-0.39, 0.29) is 37.2 Å². The first kappa shape index (κ1) is 23.7. The summed E-state index contributed by atoms with van der Waals surface area (Å²) in [5.74, 6) is 0.982. The highest BCUT2D eigenvalue weighted by Gasteiger charge is 2.19. The van der Waals surface area contributed by atoms with Crippen LogP contribution in [0, 0.1) is 5.82 Å². The Balaban J connectivity index is 0.00000150. The number of thiophene rings is 1. The predicted molar refractivity (Wildman–Crippen MR) is 117 cm³/mol. The zero-order chi connectivity index (χ0) is 18.6. The van der Waals surface area contributed by atoms with E-state index in [4.69, 9.17) is 10.3 Å². The standard InChI is InChI=1S/C19H22FN5OS.2ClH/c20-15-3-1-2-14(10-15)17-5-4-16(27-17)12-24-6-8-25(9-7-24)13-18-22-19(11-21)26-23-18;;/h1-5,10H,6-9,11-13,21H2;2*1H. The van der Waals surface area contributed by atoms with Crippen molar-refractivity contribution >= 4 is 36.2 Å². The predicted octanol–water partition coefficient (Wildman–Crippen LogP) is 3.56. The average molecular weight is 460 g/mol. The maximum atomic E-state index is 13.4. The van der Waals surface area contributed by atoms with E-state index in [0.29, 0.717) is 18.3 Å². The number of nitrogens with two attached hydrogens (primary N) is 1. The van der Waals surface area contributed by atoms with Crippen molar-refractivity contribution in [2.24, 2.45) is 5.73 Å². The number of hydrogen-bond acceptors (Lipinski definition) is 7. The van der Waals surface area contributed by atoms with E-state index in [2.05, 4.69) is 32.1 Å². The van der Waals surface area contributed by atoms with Crippen LogP contribution in [0.5, 0.6) is 0 Å². The molecule has 1 aromatic carbocycles. The molecule has 2 aromatic heterocycles. The van der Waals surface area contributed by atoms with Crippen LogP contribution in [0.1, 0.15) is 16.6 Å². The largest absolute Gasteiger partial charge is 0.338 e. The molecule has 158 valence electrons. The third-order valence-corrected chi connectivity index (χ3v) is 5.78. The van der Waals surface area contributed by atoms with Crippen LogP contribution in [0.2, 0.25) is 0 Å². The van der Waals surface area contributed by atoms with Crippen LogP contribution < -0.4 is 5.73 Å². The Morgan fingerprint density at radius 1 is 1.03 bits per heavy atom. The van der Waals surface area contributed by atoms with E-state index >= 15 is 0 Å². The topological polar surface area (TPSA) is 71.4 Å². The molecular weight excluding hydrogens is 436 g/mol. The fourth-order valence-corrected chi connectivity index (χ4v) is 4.27. The van der Waals surface area contributed by atoms with Gasteiger partial charge in [-0.05, 0) is 29.8 Å². The Kier molecular flexibility index (Phi) is 9.01. The lowest BCUT2D eigenvalue weighted by Gasteiger charge is -2.33. The number of benzene rings is 1. The van der Waals surface area contributed by atoms with Gasteiger partial charge in [-0.15, -0.1) is 36.2 Å². The molecule has 0 amide bonds. The molecule has 3 aromatic rings. The van der Waals surface area contributed by atoms with Crippen molar-refractivity contribution < 1.29 is 8.91 Å². The summed E-state index contributed by atoms with van der Waals surface area (Å²) in [6.07, 6.45) is 0. The van der Waals surface area contributed by atoms with Gasteiger partial charge in [0.1, 0.15) is 5.82 Å². The third kappa shape index (κ3) is 6.21. The van der Waals surface area contributed by atoms with Gasteiger partial charge >= 0.3 is 0 Å². The van der Waals surface area contributed by atoms with E-state index in [1.54, 1.807) is 23.5 Å². The fraction of sp³-hybridized carbons (Fsp3) is 0.368. The molecule has 0 atom stereocenters. The molecule has 0 bridgehead atoms. The van der Waals surface area contributed by atoms with Crippen LogP contribution in [0.15, 0.2) is 40.9 Å². The number of nitrogens with zero attached hydrogens (tertiary/aromatic N) is 4. The van der Waals surface area contributed by atoms with Crippen molar-refractivity contribution in [1.82, 2.24) is 19.9 Å². The third-order valence-electron chi connectivity index (χ3n) is 4.66. The van der Waals surface area contributed by atoms with Gasteiger partial charge < -0.3 is 10.3 Å². The smallest absolute Gasteiger partial charge is 0.240 e. The molecule has 0 radical (unpaired) electrons. The first-order valence-electron chi connectivity index (χ1n) is 9.00. The first-order chi connectivity index (χ1) is 13.2. The highest BCUT2D eigenvalue weighted by Crippen LogP contribution is 2.29. The molecule has 1 fully saturated rings. The zero-order valence-electron chi connectivity index (χ0n) is 15.8. The monoisotopic (exact) mass is 459 g/mol. The van der Waals surface area contributed by atoms with E-state index in [1.807, 2.05) is 6.07 Å². The Morgan fingerprint density at radius 2 is 1.76 bits per heavy atom. The van der Waals surface area contributed by atoms with Crippen LogP contribution >= 0.6 is 36.2 Å². The Morgan fingerprint density at radius 3 is 2.41 bits per heavy atom. The van der Waals surface area contributed by atoms with Gasteiger partial charge in [0.05, 0.1) is 13.1 Å². The second-order valence-electron chi connectivity index (χ2n) is 6.64. The maximum absolute atomic E-state index is 13.4. The van der Waals surface area contributed by atoms with Crippen LogP contribution in [-0.2, 0) is 19.6 Å². The molecular formula is C19H24Cl2FN5OS. The van der Waals surface area contributed by atoms with Crippen LogP contribution in [0.4, 0.5) is 4.39 Å². The van der Waals surface area contributed by atoms with Gasteiger partial charge in [-0.3, -0.25) is 9.80 Å². The Bertz CT molecular complexity index is 898. The van der Waals surface area contributed by atoms with Gasteiger partial charge in [-0.1, -0.05) is 17.3 Å². The lowest BCUT2D eigenvalue weighted by atomic mass is 10.2. The summed E-state index contributed by atoms with van der Waals surface area (Å²) in [4.78, 5) is 11.4. The number of piperazine rings is 1. The molecule has 2 N–H and O–H groups in total. The molecule has 1 saturated heterocycles. The average Bonchev–Trinajstić information content (AvgIpc) is 3.33. The van der Waals surface area contributed by atoms with Crippen LogP contribution in [-0.4, -0.2) is 46.1 Å². The molecule has 6 nitrogen and oxygen atoms in total. The normalized spacial score (nSPS) is 15.0. The van der Waals surface area contributed by atoms with Gasteiger partial charge in [0.2, 0.25) is 5.89 Å². The molecule has 0 spiro atoms. The molecule has 1 aliphatic rings. The van der Waals surface area contributed by atoms with Crippen molar-refractivity contribution in [3.05, 3.63) is 58.8 Å². The summed E-state index contributed by atoms with van der Waals surface area (Å²) in [5, 5.41) is 3.96. The van der Waals surface area contributed by atoms with Crippen molar-refractivity contribution in [2.75, 3.05) is 26.2 Å². The van der Waals surface area contributed by atoms with Crippen LogP contribution in [0.25, 0.3) is 10.4 Å². The summed E-state index contributed by atoms with van der Waals surface area (Å²) in [6, 6.07) is 11.0. The fourth-order valence-electron chi connectivity index (χ4n) is 3.22. The SMILES string of the molecule is Cl.Cl.NCc1nc(CN2CCN(Cc3ccc(-c4cccc(F)c4)s3)CC2)no1. The van der Waals surface area contributed by atoms with Gasteiger partial charge in [-0.25, -0.2) is 4.39 Å². The molecule has 1 aliphatic heterocycles. The highest BCUT2D eigenvalue weighted by atomic mass is 35.5. The van der Waals surface area contributed by atoms with Crippen molar-refractivity contribution in [1.29, 1.82) is 0 Å². The summed E-state index contributed by atoms with van der Waals surface area (Å²) in [7, 11) is 0. The van der Waals surface area contributed by atoms with Gasteiger partial charge in [-0.2, -0.15) is 4.98 Å². The zero-order valence-corrected chi connectivity index (χ0v) is 18.2. The second kappa shape index (κ2) is 11.0. The first-order valence-corrected chi connectivity index (χ1v) is 9.82. The lowest BCUT2D eigenvalue weighted by Crippen LogP contribution is -2.45. The van der Waals surface area contributed by atoms with E-state index in [1.165, 1.54) is 10.9 Å². The summed E-state index contributed by atoms with van der Waals surface area (Å²) in [5.41, 5.74) is 6.44. The summed E-state index contributed by atoms with van der Waals surface area (Å²) in [6.45, 7) is 5.82. The lowest BCUT2D eigenvalue weighted by molar-refractivity contribution is 0.120. The van der Waals surface area contributed by atoms with Gasteiger partial charge in [0.25, 0.3) is 0 Å². The van der Waals surface area contributed by atoms with Crippen LogP contribution in [0.3, 0.4) is 0 Å². The molecule has 0 saturated carbocycles. The quantitative estimate of drug-likeness (QED) is 0.607. The molecule has 0 unspecified atom stereocenters. The minimum absolute atomic E-state index is 0. The number of rotatable bonds is 6. The molecule has 3 heterocycles. The minimum atomic E-state index is -0.196. The van der Waals surface area contributed by atoms with Crippen molar-refractivity contribution in [3.63, 3.8) is 0 Å². The Hall–Kier alpha value is -1.55. The summed E-state index contributed by atoms with van der Waals surface area (Å²) < 4.78 is 18.5.